The number of nitrogens with two attached hydrogens (primary N) is 2. The van der Waals surface area contributed by atoms with E-state index in [0.717, 1.165) is 50.2 Å². The maximum atomic E-state index is 6.07. The molecule has 2 heterocycles. The molecule has 1 aliphatic carbocycles. The molecule has 0 amide bonds. The molecular weight excluding hydrogens is 286 g/mol. The van der Waals surface area contributed by atoms with Gasteiger partial charge in [0.1, 0.15) is 5.82 Å². The Morgan fingerprint density at radius 2 is 2.00 bits per heavy atom. The summed E-state index contributed by atoms with van der Waals surface area (Å²) in [7, 11) is 0. The summed E-state index contributed by atoms with van der Waals surface area (Å²) >= 11 is 0. The zero-order valence-corrected chi connectivity index (χ0v) is 13.3. The number of aryl methyl sites for hydroxylation is 1. The van der Waals surface area contributed by atoms with Crippen LogP contribution in [0.25, 0.3) is 11.3 Å². The van der Waals surface area contributed by atoms with E-state index in [9.17, 15) is 0 Å². The average Bonchev–Trinajstić information content (AvgIpc) is 2.97. The normalized spacial score (nSPS) is 20.0. The van der Waals surface area contributed by atoms with Crippen LogP contribution in [0.2, 0.25) is 0 Å². The first-order chi connectivity index (χ1) is 11.3. The lowest BCUT2D eigenvalue weighted by Crippen LogP contribution is -2.36. The standard InChI is InChI=1S/C18H23N5/c19-11-13-7-4-10-23(13)17-15-9-3-6-12-5-1-2-8-14(12)16(15)21-18(20)22-17/h1-2,5,8,13H,3-4,6-7,9-11,19H2,(H2,20,21,22)/t13-/m0/s1. The Bertz CT molecular complexity index is 727. The van der Waals surface area contributed by atoms with E-state index in [1.807, 2.05) is 0 Å². The third-order valence-corrected chi connectivity index (χ3v) is 5.07. The zero-order valence-electron chi connectivity index (χ0n) is 13.3. The van der Waals surface area contributed by atoms with Crippen LogP contribution in [0.4, 0.5) is 11.8 Å². The maximum absolute atomic E-state index is 6.07. The largest absolute Gasteiger partial charge is 0.368 e. The Morgan fingerprint density at radius 1 is 1.13 bits per heavy atom. The molecule has 0 unspecified atom stereocenters. The summed E-state index contributed by atoms with van der Waals surface area (Å²) in [6.07, 6.45) is 5.48. The topological polar surface area (TPSA) is 81.1 Å². The fraction of sp³-hybridized carbons (Fsp3) is 0.444. The first-order valence-electron chi connectivity index (χ1n) is 8.49. The minimum atomic E-state index is 0.359. The van der Waals surface area contributed by atoms with Crippen LogP contribution >= 0.6 is 0 Å². The van der Waals surface area contributed by atoms with E-state index in [-0.39, 0.29) is 0 Å². The Balaban J connectivity index is 1.89. The van der Waals surface area contributed by atoms with Crippen LogP contribution in [0.5, 0.6) is 0 Å². The number of fused-ring (bicyclic) bond motifs is 3. The summed E-state index contributed by atoms with van der Waals surface area (Å²) in [6, 6.07) is 8.89. The third-order valence-electron chi connectivity index (χ3n) is 5.07. The molecule has 4 rings (SSSR count). The van der Waals surface area contributed by atoms with E-state index in [2.05, 4.69) is 39.1 Å². The monoisotopic (exact) mass is 309 g/mol. The Morgan fingerprint density at radius 3 is 2.87 bits per heavy atom. The Labute approximate surface area is 136 Å². The fourth-order valence-electron chi connectivity index (χ4n) is 3.96. The van der Waals surface area contributed by atoms with Gasteiger partial charge in [0.05, 0.1) is 5.69 Å². The van der Waals surface area contributed by atoms with Gasteiger partial charge in [-0.05, 0) is 37.7 Å². The van der Waals surface area contributed by atoms with Crippen molar-refractivity contribution in [3.8, 4) is 11.3 Å². The van der Waals surface area contributed by atoms with Crippen molar-refractivity contribution in [1.82, 2.24) is 9.97 Å². The quantitative estimate of drug-likeness (QED) is 0.888. The highest BCUT2D eigenvalue weighted by Crippen LogP contribution is 2.37. The van der Waals surface area contributed by atoms with Gasteiger partial charge in [-0.25, -0.2) is 4.98 Å². The van der Waals surface area contributed by atoms with Crippen LogP contribution in [-0.2, 0) is 12.8 Å². The molecule has 120 valence electrons. The smallest absolute Gasteiger partial charge is 0.222 e. The van der Waals surface area contributed by atoms with Crippen LogP contribution < -0.4 is 16.4 Å². The van der Waals surface area contributed by atoms with Crippen molar-refractivity contribution < 1.29 is 0 Å². The van der Waals surface area contributed by atoms with Crippen molar-refractivity contribution in [2.75, 3.05) is 23.7 Å². The lowest BCUT2D eigenvalue weighted by atomic mass is 10.0. The number of hydrogen-bond donors (Lipinski definition) is 2. The second-order valence-corrected chi connectivity index (χ2v) is 6.47. The first kappa shape index (κ1) is 14.5. The van der Waals surface area contributed by atoms with Gasteiger partial charge in [0.25, 0.3) is 0 Å². The van der Waals surface area contributed by atoms with E-state index < -0.39 is 0 Å². The first-order valence-corrected chi connectivity index (χ1v) is 8.49. The molecule has 0 bridgehead atoms. The van der Waals surface area contributed by atoms with Crippen molar-refractivity contribution in [1.29, 1.82) is 0 Å². The van der Waals surface area contributed by atoms with E-state index in [0.29, 0.717) is 18.5 Å². The molecular formula is C18H23N5. The van der Waals surface area contributed by atoms with E-state index >= 15 is 0 Å². The molecule has 2 aromatic rings. The SMILES string of the molecule is NC[C@@H]1CCCN1c1nc(N)nc2c1CCCc1ccccc1-2. The van der Waals surface area contributed by atoms with Crippen LogP contribution in [0.15, 0.2) is 24.3 Å². The second-order valence-electron chi connectivity index (χ2n) is 6.47. The second kappa shape index (κ2) is 5.81. The van der Waals surface area contributed by atoms with Gasteiger partial charge in [-0.2, -0.15) is 4.98 Å². The van der Waals surface area contributed by atoms with Gasteiger partial charge in [0.2, 0.25) is 5.95 Å². The van der Waals surface area contributed by atoms with Gasteiger partial charge in [-0.15, -0.1) is 0 Å². The maximum Gasteiger partial charge on any atom is 0.222 e. The van der Waals surface area contributed by atoms with Crippen molar-refractivity contribution in [3.05, 3.63) is 35.4 Å². The van der Waals surface area contributed by atoms with Crippen molar-refractivity contribution >= 4 is 11.8 Å². The molecule has 1 aliphatic heterocycles. The van der Waals surface area contributed by atoms with Crippen molar-refractivity contribution in [3.63, 3.8) is 0 Å². The highest BCUT2D eigenvalue weighted by Gasteiger charge is 2.29. The summed E-state index contributed by atoms with van der Waals surface area (Å²) in [5, 5.41) is 0. The Kier molecular flexibility index (Phi) is 3.65. The van der Waals surface area contributed by atoms with E-state index in [4.69, 9.17) is 11.5 Å². The van der Waals surface area contributed by atoms with Crippen LogP contribution in [0.3, 0.4) is 0 Å². The predicted octanol–water partition coefficient (Wildman–Crippen LogP) is 2.14. The predicted molar refractivity (Wildman–Crippen MR) is 93.3 cm³/mol. The van der Waals surface area contributed by atoms with Crippen molar-refractivity contribution in [2.45, 2.75) is 38.1 Å². The number of hydrogen-bond acceptors (Lipinski definition) is 5. The molecule has 5 nitrogen and oxygen atoms in total. The summed E-state index contributed by atoms with van der Waals surface area (Å²) in [4.78, 5) is 11.6. The highest BCUT2D eigenvalue weighted by atomic mass is 15.3. The van der Waals surface area contributed by atoms with Gasteiger partial charge in [-0.1, -0.05) is 24.3 Å². The molecule has 1 atom stereocenters. The molecule has 5 heteroatoms. The summed E-state index contributed by atoms with van der Waals surface area (Å²) in [5.41, 5.74) is 16.9. The zero-order chi connectivity index (χ0) is 15.8. The number of rotatable bonds is 2. The lowest BCUT2D eigenvalue weighted by molar-refractivity contribution is 0.667. The molecule has 4 N–H and O–H groups in total. The number of aromatic nitrogens is 2. The van der Waals surface area contributed by atoms with Crippen molar-refractivity contribution in [2.24, 2.45) is 5.73 Å². The average molecular weight is 309 g/mol. The minimum absolute atomic E-state index is 0.359. The van der Waals surface area contributed by atoms with Crippen LogP contribution in [-0.4, -0.2) is 29.1 Å². The summed E-state index contributed by atoms with van der Waals surface area (Å²) in [6.45, 7) is 1.67. The van der Waals surface area contributed by atoms with Crippen LogP contribution in [0.1, 0.15) is 30.4 Å². The van der Waals surface area contributed by atoms with Gasteiger partial charge >= 0.3 is 0 Å². The molecule has 2 aliphatic rings. The third kappa shape index (κ3) is 2.45. The molecule has 0 saturated carbocycles. The van der Waals surface area contributed by atoms with E-state index in [1.165, 1.54) is 16.7 Å². The van der Waals surface area contributed by atoms with Gasteiger partial charge < -0.3 is 16.4 Å². The highest BCUT2D eigenvalue weighted by molar-refractivity contribution is 5.74. The molecule has 1 aromatic heterocycles. The Hall–Kier alpha value is -2.14. The van der Waals surface area contributed by atoms with Gasteiger partial charge in [-0.3, -0.25) is 0 Å². The molecule has 1 aromatic carbocycles. The summed E-state index contributed by atoms with van der Waals surface area (Å²) in [5.74, 6) is 1.37. The molecule has 0 radical (unpaired) electrons. The number of nitrogen functional groups attached to an aromatic ring is 1. The number of nitrogens with zero attached hydrogens (tertiary/aromatic N) is 3. The molecule has 1 fully saturated rings. The van der Waals surface area contributed by atoms with E-state index in [1.54, 1.807) is 0 Å². The lowest BCUT2D eigenvalue weighted by Gasteiger charge is -2.27. The molecule has 0 spiro atoms. The number of anilines is 2. The van der Waals surface area contributed by atoms with Gasteiger partial charge in [0, 0.05) is 30.3 Å². The minimum Gasteiger partial charge on any atom is -0.368 e. The molecule has 1 saturated heterocycles. The fourth-order valence-corrected chi connectivity index (χ4v) is 3.96. The van der Waals surface area contributed by atoms with Gasteiger partial charge in [0.15, 0.2) is 0 Å². The number of benzene rings is 1. The van der Waals surface area contributed by atoms with Crippen LogP contribution in [0, 0.1) is 0 Å². The summed E-state index contributed by atoms with van der Waals surface area (Å²) < 4.78 is 0. The molecule has 23 heavy (non-hydrogen) atoms.